The van der Waals surface area contributed by atoms with Gasteiger partial charge in [0, 0.05) is 24.0 Å². The molecule has 16 heavy (non-hydrogen) atoms. The van der Waals surface area contributed by atoms with Crippen LogP contribution in [0.2, 0.25) is 0 Å². The van der Waals surface area contributed by atoms with Crippen molar-refractivity contribution in [3.8, 4) is 0 Å². The fourth-order valence-electron chi connectivity index (χ4n) is 1.55. The lowest BCUT2D eigenvalue weighted by molar-refractivity contribution is 0.0979. The summed E-state index contributed by atoms with van der Waals surface area (Å²) in [5.41, 5.74) is 1.30. The minimum absolute atomic E-state index is 0.0881. The zero-order valence-electron chi connectivity index (χ0n) is 9.95. The van der Waals surface area contributed by atoms with E-state index in [9.17, 15) is 9.59 Å². The van der Waals surface area contributed by atoms with Crippen molar-refractivity contribution in [1.82, 2.24) is 0 Å². The molecule has 0 unspecified atom stereocenters. The first-order chi connectivity index (χ1) is 7.69. The zero-order valence-corrected chi connectivity index (χ0v) is 9.95. The molecule has 86 valence electrons. The number of hydrogen-bond acceptors (Lipinski definition) is 2. The van der Waals surface area contributed by atoms with Gasteiger partial charge in [0.25, 0.3) is 0 Å². The van der Waals surface area contributed by atoms with Crippen LogP contribution in [-0.4, -0.2) is 11.6 Å². The van der Waals surface area contributed by atoms with Crippen molar-refractivity contribution in [3.05, 3.63) is 35.4 Å². The van der Waals surface area contributed by atoms with E-state index in [0.29, 0.717) is 24.0 Å². The van der Waals surface area contributed by atoms with Gasteiger partial charge in [-0.25, -0.2) is 0 Å². The van der Waals surface area contributed by atoms with E-state index in [4.69, 9.17) is 0 Å². The lowest BCUT2D eigenvalue weighted by Gasteiger charge is -2.02. The minimum atomic E-state index is 0.0881. The van der Waals surface area contributed by atoms with Gasteiger partial charge in [-0.15, -0.1) is 0 Å². The predicted molar refractivity (Wildman–Crippen MR) is 64.9 cm³/mol. The first-order valence-electron chi connectivity index (χ1n) is 5.85. The van der Waals surface area contributed by atoms with Gasteiger partial charge in [-0.2, -0.15) is 0 Å². The SMILES string of the molecule is CCCCC(=O)c1cccc(C(=O)CC)c1. The summed E-state index contributed by atoms with van der Waals surface area (Å²) < 4.78 is 0. The zero-order chi connectivity index (χ0) is 12.0. The van der Waals surface area contributed by atoms with Crippen molar-refractivity contribution in [2.24, 2.45) is 0 Å². The number of carbonyl (C=O) groups is 2. The third-order valence-electron chi connectivity index (χ3n) is 2.59. The van der Waals surface area contributed by atoms with Crippen molar-refractivity contribution in [2.75, 3.05) is 0 Å². The third-order valence-corrected chi connectivity index (χ3v) is 2.59. The molecule has 0 N–H and O–H groups in total. The van der Waals surface area contributed by atoms with Crippen LogP contribution in [0.25, 0.3) is 0 Å². The Bertz CT molecular complexity index is 380. The maximum atomic E-state index is 11.8. The van der Waals surface area contributed by atoms with Gasteiger partial charge in [0.05, 0.1) is 0 Å². The van der Waals surface area contributed by atoms with Crippen molar-refractivity contribution in [1.29, 1.82) is 0 Å². The van der Waals surface area contributed by atoms with Gasteiger partial charge in [0.2, 0.25) is 0 Å². The Morgan fingerprint density at radius 2 is 1.69 bits per heavy atom. The molecule has 2 nitrogen and oxygen atoms in total. The smallest absolute Gasteiger partial charge is 0.162 e. The standard InChI is InChI=1S/C14H18O2/c1-3-5-9-14(16)12-8-6-7-11(10-12)13(15)4-2/h6-8,10H,3-5,9H2,1-2H3. The lowest BCUT2D eigenvalue weighted by atomic mass is 10.0. The molecule has 0 spiro atoms. The summed E-state index contributed by atoms with van der Waals surface area (Å²) in [5.74, 6) is 0.220. The molecule has 0 saturated carbocycles. The molecule has 0 aliphatic carbocycles. The van der Waals surface area contributed by atoms with Crippen molar-refractivity contribution in [2.45, 2.75) is 39.5 Å². The van der Waals surface area contributed by atoms with Gasteiger partial charge in [0.15, 0.2) is 11.6 Å². The summed E-state index contributed by atoms with van der Waals surface area (Å²) in [6.07, 6.45) is 2.97. The summed E-state index contributed by atoms with van der Waals surface area (Å²) in [6, 6.07) is 7.04. The summed E-state index contributed by atoms with van der Waals surface area (Å²) >= 11 is 0. The van der Waals surface area contributed by atoms with Crippen LogP contribution in [-0.2, 0) is 0 Å². The number of ketones is 2. The van der Waals surface area contributed by atoms with Crippen LogP contribution in [0.5, 0.6) is 0 Å². The number of hydrogen-bond donors (Lipinski definition) is 0. The molecule has 0 saturated heterocycles. The maximum absolute atomic E-state index is 11.8. The van der Waals surface area contributed by atoms with Gasteiger partial charge < -0.3 is 0 Å². The molecule has 0 heterocycles. The highest BCUT2D eigenvalue weighted by atomic mass is 16.1. The van der Waals surface area contributed by atoms with E-state index in [2.05, 4.69) is 6.92 Å². The number of carbonyl (C=O) groups excluding carboxylic acids is 2. The second kappa shape index (κ2) is 6.21. The Balaban J connectivity index is 2.81. The van der Waals surface area contributed by atoms with E-state index in [0.717, 1.165) is 12.8 Å². The quantitative estimate of drug-likeness (QED) is 0.683. The van der Waals surface area contributed by atoms with Gasteiger partial charge >= 0.3 is 0 Å². The van der Waals surface area contributed by atoms with E-state index in [1.165, 1.54) is 0 Å². The second-order valence-corrected chi connectivity index (χ2v) is 3.88. The summed E-state index contributed by atoms with van der Waals surface area (Å²) in [7, 11) is 0. The van der Waals surface area contributed by atoms with E-state index < -0.39 is 0 Å². The summed E-state index contributed by atoms with van der Waals surface area (Å²) in [5, 5.41) is 0. The van der Waals surface area contributed by atoms with Crippen molar-refractivity contribution in [3.63, 3.8) is 0 Å². The highest BCUT2D eigenvalue weighted by molar-refractivity contribution is 6.01. The van der Waals surface area contributed by atoms with Crippen LogP contribution in [0.3, 0.4) is 0 Å². The summed E-state index contributed by atoms with van der Waals surface area (Å²) in [4.78, 5) is 23.2. The highest BCUT2D eigenvalue weighted by Crippen LogP contribution is 2.11. The molecule has 2 heteroatoms. The lowest BCUT2D eigenvalue weighted by Crippen LogP contribution is -2.02. The molecule has 0 fully saturated rings. The molecule has 0 atom stereocenters. The Hall–Kier alpha value is -1.44. The summed E-state index contributed by atoms with van der Waals surface area (Å²) in [6.45, 7) is 3.89. The van der Waals surface area contributed by atoms with Gasteiger partial charge in [0.1, 0.15) is 0 Å². The number of rotatable bonds is 6. The molecular weight excluding hydrogens is 200 g/mol. The second-order valence-electron chi connectivity index (χ2n) is 3.88. The largest absolute Gasteiger partial charge is 0.294 e. The average Bonchev–Trinajstić information content (AvgIpc) is 2.35. The first-order valence-corrected chi connectivity index (χ1v) is 5.85. The van der Waals surface area contributed by atoms with Crippen LogP contribution in [0.1, 0.15) is 60.2 Å². The molecule has 1 aromatic rings. The number of benzene rings is 1. The van der Waals surface area contributed by atoms with Crippen LogP contribution in [0.4, 0.5) is 0 Å². The van der Waals surface area contributed by atoms with E-state index in [1.807, 2.05) is 6.92 Å². The number of unbranched alkanes of at least 4 members (excludes halogenated alkanes) is 1. The Morgan fingerprint density at radius 3 is 2.25 bits per heavy atom. The van der Waals surface area contributed by atoms with Gasteiger partial charge in [-0.05, 0) is 12.5 Å². The predicted octanol–water partition coefficient (Wildman–Crippen LogP) is 3.65. The van der Waals surface area contributed by atoms with Crippen LogP contribution in [0, 0.1) is 0 Å². The van der Waals surface area contributed by atoms with Crippen LogP contribution >= 0.6 is 0 Å². The van der Waals surface area contributed by atoms with Gasteiger partial charge in [-0.3, -0.25) is 9.59 Å². The number of Topliss-reactive ketones (excluding diaryl/α,β-unsaturated/α-hetero) is 2. The van der Waals surface area contributed by atoms with Crippen LogP contribution in [0.15, 0.2) is 24.3 Å². The molecule has 1 rings (SSSR count). The molecule has 0 aliphatic rings. The van der Waals surface area contributed by atoms with E-state index >= 15 is 0 Å². The van der Waals surface area contributed by atoms with E-state index in [1.54, 1.807) is 24.3 Å². The Morgan fingerprint density at radius 1 is 1.06 bits per heavy atom. The topological polar surface area (TPSA) is 34.1 Å². The van der Waals surface area contributed by atoms with E-state index in [-0.39, 0.29) is 11.6 Å². The van der Waals surface area contributed by atoms with Crippen molar-refractivity contribution < 1.29 is 9.59 Å². The van der Waals surface area contributed by atoms with Crippen LogP contribution < -0.4 is 0 Å². The minimum Gasteiger partial charge on any atom is -0.294 e. The molecule has 0 radical (unpaired) electrons. The molecule has 0 amide bonds. The highest BCUT2D eigenvalue weighted by Gasteiger charge is 2.08. The maximum Gasteiger partial charge on any atom is 0.162 e. The van der Waals surface area contributed by atoms with Gasteiger partial charge in [-0.1, -0.05) is 38.5 Å². The third kappa shape index (κ3) is 3.30. The molecule has 0 aliphatic heterocycles. The fourth-order valence-corrected chi connectivity index (χ4v) is 1.55. The Labute approximate surface area is 96.7 Å². The molecule has 0 aromatic heterocycles. The normalized spacial score (nSPS) is 10.1. The molecule has 0 bridgehead atoms. The fraction of sp³-hybridized carbons (Fsp3) is 0.429. The van der Waals surface area contributed by atoms with Crippen molar-refractivity contribution >= 4 is 11.6 Å². The Kier molecular flexibility index (Phi) is 4.90. The average molecular weight is 218 g/mol. The monoisotopic (exact) mass is 218 g/mol. The first kappa shape index (κ1) is 12.6. The molecule has 1 aromatic carbocycles. The molecular formula is C14H18O2.